The first kappa shape index (κ1) is 12.8. The van der Waals surface area contributed by atoms with E-state index in [1.54, 1.807) is 7.11 Å². The summed E-state index contributed by atoms with van der Waals surface area (Å²) in [6, 6.07) is 8.62. The zero-order chi connectivity index (χ0) is 12.0. The van der Waals surface area contributed by atoms with Gasteiger partial charge in [-0.05, 0) is 24.6 Å². The Kier molecular flexibility index (Phi) is 5.06. The molecule has 0 amide bonds. The molecule has 0 unspecified atom stereocenters. The van der Waals surface area contributed by atoms with Crippen LogP contribution in [0, 0.1) is 0 Å². The van der Waals surface area contributed by atoms with Crippen LogP contribution in [-0.4, -0.2) is 19.7 Å². The van der Waals surface area contributed by atoms with Crippen LogP contribution >= 0.6 is 0 Å². The average Bonchev–Trinajstić information content (AvgIpc) is 2.27. The van der Waals surface area contributed by atoms with Gasteiger partial charge < -0.3 is 10.1 Å². The van der Waals surface area contributed by atoms with Crippen molar-refractivity contribution in [2.45, 2.75) is 26.8 Å². The summed E-state index contributed by atoms with van der Waals surface area (Å²) in [5.74, 6) is 0.898. The molecule has 0 bridgehead atoms. The Morgan fingerprint density at radius 1 is 1.31 bits per heavy atom. The van der Waals surface area contributed by atoms with Gasteiger partial charge in [-0.2, -0.15) is 0 Å². The van der Waals surface area contributed by atoms with Crippen LogP contribution in [0.1, 0.15) is 26.3 Å². The van der Waals surface area contributed by atoms with E-state index in [1.165, 1.54) is 11.1 Å². The Morgan fingerprint density at radius 3 is 2.44 bits per heavy atom. The van der Waals surface area contributed by atoms with Gasteiger partial charge in [0.2, 0.25) is 0 Å². The quantitative estimate of drug-likeness (QED) is 0.821. The molecule has 0 saturated heterocycles. The van der Waals surface area contributed by atoms with E-state index >= 15 is 0 Å². The molecule has 2 nitrogen and oxygen atoms in total. The fraction of sp³-hybridized carbons (Fsp3) is 0.429. The van der Waals surface area contributed by atoms with E-state index in [0.29, 0.717) is 6.04 Å². The van der Waals surface area contributed by atoms with Gasteiger partial charge in [0.15, 0.2) is 0 Å². The van der Waals surface area contributed by atoms with Crippen molar-refractivity contribution < 1.29 is 4.74 Å². The third-order valence-corrected chi connectivity index (χ3v) is 2.32. The highest BCUT2D eigenvalue weighted by atomic mass is 16.5. The van der Waals surface area contributed by atoms with Crippen molar-refractivity contribution in [3.05, 3.63) is 35.4 Å². The van der Waals surface area contributed by atoms with Crippen LogP contribution in [-0.2, 0) is 0 Å². The third-order valence-electron chi connectivity index (χ3n) is 2.32. The van der Waals surface area contributed by atoms with Crippen molar-refractivity contribution in [2.75, 3.05) is 13.7 Å². The minimum Gasteiger partial charge on any atom is -0.497 e. The molecule has 0 aliphatic heterocycles. The van der Waals surface area contributed by atoms with Crippen LogP contribution in [0.25, 0.3) is 6.08 Å². The van der Waals surface area contributed by atoms with Gasteiger partial charge in [-0.1, -0.05) is 37.6 Å². The zero-order valence-corrected chi connectivity index (χ0v) is 10.6. The molecule has 88 valence electrons. The monoisotopic (exact) mass is 219 g/mol. The second-order valence-electron chi connectivity index (χ2n) is 4.30. The highest BCUT2D eigenvalue weighted by molar-refractivity contribution is 5.53. The summed E-state index contributed by atoms with van der Waals surface area (Å²) in [5.41, 5.74) is 2.54. The fourth-order valence-corrected chi connectivity index (χ4v) is 1.40. The van der Waals surface area contributed by atoms with Crippen molar-refractivity contribution in [2.24, 2.45) is 0 Å². The second kappa shape index (κ2) is 6.33. The summed E-state index contributed by atoms with van der Waals surface area (Å²) in [6.07, 6.45) is 2.19. The summed E-state index contributed by atoms with van der Waals surface area (Å²) in [7, 11) is 1.68. The van der Waals surface area contributed by atoms with E-state index in [0.717, 1.165) is 12.3 Å². The van der Waals surface area contributed by atoms with Crippen molar-refractivity contribution >= 4 is 6.08 Å². The smallest absolute Gasteiger partial charge is 0.118 e. The number of benzene rings is 1. The molecule has 0 aliphatic rings. The SMILES string of the molecule is COc1ccc(C=C(C)CNC(C)C)cc1. The molecular formula is C14H21NO. The van der Waals surface area contributed by atoms with Gasteiger partial charge in [0.05, 0.1) is 7.11 Å². The molecule has 0 aromatic heterocycles. The van der Waals surface area contributed by atoms with Gasteiger partial charge in [0, 0.05) is 12.6 Å². The first-order valence-corrected chi connectivity index (χ1v) is 5.66. The molecule has 0 spiro atoms. The predicted molar refractivity (Wildman–Crippen MR) is 69.8 cm³/mol. The Labute approximate surface area is 98.3 Å². The van der Waals surface area contributed by atoms with Crippen LogP contribution in [0.15, 0.2) is 29.8 Å². The number of rotatable bonds is 5. The molecule has 0 heterocycles. The zero-order valence-electron chi connectivity index (χ0n) is 10.6. The minimum atomic E-state index is 0.527. The lowest BCUT2D eigenvalue weighted by molar-refractivity contribution is 0.415. The number of methoxy groups -OCH3 is 1. The molecule has 1 aromatic carbocycles. The summed E-state index contributed by atoms with van der Waals surface area (Å²) >= 11 is 0. The molecule has 0 fully saturated rings. The molecule has 16 heavy (non-hydrogen) atoms. The average molecular weight is 219 g/mol. The number of hydrogen-bond donors (Lipinski definition) is 1. The van der Waals surface area contributed by atoms with E-state index in [2.05, 4.69) is 44.3 Å². The van der Waals surface area contributed by atoms with E-state index < -0.39 is 0 Å². The van der Waals surface area contributed by atoms with Gasteiger partial charge in [-0.15, -0.1) is 0 Å². The summed E-state index contributed by atoms with van der Waals surface area (Å²) in [5, 5.41) is 3.40. The summed E-state index contributed by atoms with van der Waals surface area (Å²) in [4.78, 5) is 0. The standard InChI is InChI=1S/C14H21NO/c1-11(2)15-10-12(3)9-13-5-7-14(16-4)8-6-13/h5-9,11,15H,10H2,1-4H3. The van der Waals surface area contributed by atoms with Gasteiger partial charge in [0.25, 0.3) is 0 Å². The highest BCUT2D eigenvalue weighted by Gasteiger charge is 1.95. The first-order valence-electron chi connectivity index (χ1n) is 5.66. The Morgan fingerprint density at radius 2 is 1.94 bits per heavy atom. The number of hydrogen-bond acceptors (Lipinski definition) is 2. The third kappa shape index (κ3) is 4.49. The topological polar surface area (TPSA) is 21.3 Å². The molecular weight excluding hydrogens is 198 g/mol. The molecule has 0 aliphatic carbocycles. The molecule has 0 saturated carbocycles. The molecule has 2 heteroatoms. The van der Waals surface area contributed by atoms with Crippen LogP contribution in [0.5, 0.6) is 5.75 Å². The number of nitrogens with one attached hydrogen (secondary N) is 1. The van der Waals surface area contributed by atoms with E-state index in [-0.39, 0.29) is 0 Å². The summed E-state index contributed by atoms with van der Waals surface area (Å²) in [6.45, 7) is 7.38. The van der Waals surface area contributed by atoms with Crippen LogP contribution in [0.4, 0.5) is 0 Å². The maximum atomic E-state index is 5.12. The molecule has 1 aromatic rings. The van der Waals surface area contributed by atoms with Gasteiger partial charge in [0.1, 0.15) is 5.75 Å². The van der Waals surface area contributed by atoms with Crippen LogP contribution in [0.2, 0.25) is 0 Å². The maximum absolute atomic E-state index is 5.12. The Balaban J connectivity index is 2.59. The second-order valence-corrected chi connectivity index (χ2v) is 4.30. The van der Waals surface area contributed by atoms with Gasteiger partial charge in [-0.25, -0.2) is 0 Å². The highest BCUT2D eigenvalue weighted by Crippen LogP contribution is 2.13. The van der Waals surface area contributed by atoms with Crippen molar-refractivity contribution in [3.8, 4) is 5.75 Å². The van der Waals surface area contributed by atoms with Gasteiger partial charge in [-0.3, -0.25) is 0 Å². The van der Waals surface area contributed by atoms with Crippen molar-refractivity contribution in [3.63, 3.8) is 0 Å². The van der Waals surface area contributed by atoms with E-state index in [9.17, 15) is 0 Å². The summed E-state index contributed by atoms with van der Waals surface area (Å²) < 4.78 is 5.12. The lowest BCUT2D eigenvalue weighted by Crippen LogP contribution is -2.24. The Bertz CT molecular complexity index is 338. The predicted octanol–water partition coefficient (Wildman–Crippen LogP) is 3.10. The lowest BCUT2D eigenvalue weighted by Gasteiger charge is -2.08. The molecule has 1 N–H and O–H groups in total. The first-order chi connectivity index (χ1) is 7.61. The van der Waals surface area contributed by atoms with Gasteiger partial charge >= 0.3 is 0 Å². The lowest BCUT2D eigenvalue weighted by atomic mass is 10.1. The van der Waals surface area contributed by atoms with Crippen LogP contribution < -0.4 is 10.1 Å². The van der Waals surface area contributed by atoms with E-state index in [4.69, 9.17) is 4.74 Å². The normalized spacial score (nSPS) is 11.9. The van der Waals surface area contributed by atoms with E-state index in [1.807, 2.05) is 12.1 Å². The molecule has 0 radical (unpaired) electrons. The minimum absolute atomic E-state index is 0.527. The molecule has 0 atom stereocenters. The Hall–Kier alpha value is -1.28. The fourth-order valence-electron chi connectivity index (χ4n) is 1.40. The number of ether oxygens (including phenoxy) is 1. The maximum Gasteiger partial charge on any atom is 0.118 e. The van der Waals surface area contributed by atoms with Crippen molar-refractivity contribution in [1.29, 1.82) is 0 Å². The van der Waals surface area contributed by atoms with Crippen LogP contribution in [0.3, 0.4) is 0 Å². The largest absolute Gasteiger partial charge is 0.497 e. The molecule has 1 rings (SSSR count). The van der Waals surface area contributed by atoms with Crippen molar-refractivity contribution in [1.82, 2.24) is 5.32 Å².